The van der Waals surface area contributed by atoms with Crippen molar-refractivity contribution < 1.29 is 19.0 Å². The number of aryl methyl sites for hydroxylation is 3. The Morgan fingerprint density at radius 1 is 1.18 bits per heavy atom. The maximum atomic E-state index is 13.9. The molecule has 1 unspecified atom stereocenters. The van der Waals surface area contributed by atoms with E-state index in [9.17, 15) is 14.3 Å². The number of carboxylic acid groups (broad SMARTS) is 1. The van der Waals surface area contributed by atoms with Gasteiger partial charge in [0.1, 0.15) is 23.2 Å². The quantitative estimate of drug-likeness (QED) is 0.301. The topological polar surface area (TPSA) is 80.5 Å². The van der Waals surface area contributed by atoms with E-state index in [4.69, 9.17) is 4.74 Å². The van der Waals surface area contributed by atoms with Crippen LogP contribution in [0.3, 0.4) is 0 Å². The molecule has 1 aliphatic rings. The fourth-order valence-electron chi connectivity index (χ4n) is 5.86. The molecule has 2 heterocycles. The summed E-state index contributed by atoms with van der Waals surface area (Å²) in [6, 6.07) is 15.0. The van der Waals surface area contributed by atoms with Crippen LogP contribution in [-0.4, -0.2) is 43.6 Å². The number of hydrogen-bond donors (Lipinski definition) is 1. The van der Waals surface area contributed by atoms with Crippen molar-refractivity contribution in [3.63, 3.8) is 0 Å². The third kappa shape index (κ3) is 5.08. The number of nitrogens with zero attached hydrogens (tertiary/aromatic N) is 4. The molecule has 4 aromatic rings. The zero-order chi connectivity index (χ0) is 28.8. The van der Waals surface area contributed by atoms with Crippen molar-refractivity contribution in [1.29, 1.82) is 0 Å². The Hall–Kier alpha value is -3.78. The molecule has 0 spiro atoms. The molecule has 1 N–H and O–H groups in total. The number of fused-ring (bicyclic) bond motifs is 2. The van der Waals surface area contributed by atoms with E-state index < -0.39 is 17.3 Å². The van der Waals surface area contributed by atoms with E-state index in [1.54, 1.807) is 24.6 Å². The highest BCUT2D eigenvalue weighted by atomic mass is 19.1. The van der Waals surface area contributed by atoms with E-state index in [0.29, 0.717) is 25.4 Å². The zero-order valence-electron chi connectivity index (χ0n) is 24.0. The first-order valence-corrected chi connectivity index (χ1v) is 13.8. The first-order chi connectivity index (χ1) is 19.0. The smallest absolute Gasteiger partial charge is 0.310 e. The van der Waals surface area contributed by atoms with Gasteiger partial charge in [-0.2, -0.15) is 0 Å². The van der Waals surface area contributed by atoms with Crippen LogP contribution in [0.15, 0.2) is 48.5 Å². The standard InChI is InChI=1S/C32H37FN4O3/c1-7-25-18-37(16-22-10-11-24(33)15-28(22)40-25)17-23-14-21(9-8-19(23)2)29(32(4,5)31(38)39)26-12-13-27-30(20(26)3)34-35-36(27)6/h8-15,25,29H,7,16-18H2,1-6H3,(H,38,39)/t25-,29?/m1/s1. The molecule has 0 amide bonds. The summed E-state index contributed by atoms with van der Waals surface area (Å²) in [5.74, 6) is -0.960. The van der Waals surface area contributed by atoms with Gasteiger partial charge in [0, 0.05) is 44.2 Å². The second kappa shape index (κ2) is 10.7. The van der Waals surface area contributed by atoms with Gasteiger partial charge in [-0.15, -0.1) is 5.10 Å². The summed E-state index contributed by atoms with van der Waals surface area (Å²) in [5, 5.41) is 18.9. The second-order valence-electron chi connectivity index (χ2n) is 11.6. The van der Waals surface area contributed by atoms with Gasteiger partial charge in [-0.25, -0.2) is 9.07 Å². The van der Waals surface area contributed by atoms with Crippen molar-refractivity contribution in [2.24, 2.45) is 12.5 Å². The van der Waals surface area contributed by atoms with Crippen LogP contribution in [-0.2, 0) is 24.9 Å². The Morgan fingerprint density at radius 2 is 1.95 bits per heavy atom. The Morgan fingerprint density at radius 3 is 2.67 bits per heavy atom. The van der Waals surface area contributed by atoms with Crippen molar-refractivity contribution in [3.05, 3.63) is 87.7 Å². The van der Waals surface area contributed by atoms with Crippen LogP contribution in [0, 0.1) is 25.1 Å². The molecule has 1 aromatic heterocycles. The minimum absolute atomic E-state index is 0.0495. The summed E-state index contributed by atoms with van der Waals surface area (Å²) in [5.41, 5.74) is 6.64. The highest BCUT2D eigenvalue weighted by molar-refractivity contribution is 5.81. The van der Waals surface area contributed by atoms with Crippen LogP contribution in [0.2, 0.25) is 0 Å². The molecule has 8 heteroatoms. The van der Waals surface area contributed by atoms with Gasteiger partial charge in [-0.3, -0.25) is 9.69 Å². The summed E-state index contributed by atoms with van der Waals surface area (Å²) in [6.45, 7) is 11.7. The van der Waals surface area contributed by atoms with Crippen LogP contribution >= 0.6 is 0 Å². The molecule has 0 aliphatic carbocycles. The lowest BCUT2D eigenvalue weighted by molar-refractivity contribution is -0.147. The van der Waals surface area contributed by atoms with Gasteiger partial charge in [-0.05, 0) is 74.1 Å². The van der Waals surface area contributed by atoms with Crippen LogP contribution < -0.4 is 4.74 Å². The van der Waals surface area contributed by atoms with Gasteiger partial charge in [-0.1, -0.05) is 42.5 Å². The van der Waals surface area contributed by atoms with Gasteiger partial charge in [0.25, 0.3) is 0 Å². The molecule has 2 atom stereocenters. The Bertz CT molecular complexity index is 1580. The van der Waals surface area contributed by atoms with E-state index >= 15 is 0 Å². The van der Waals surface area contributed by atoms with Crippen molar-refractivity contribution in [1.82, 2.24) is 19.9 Å². The van der Waals surface area contributed by atoms with Crippen LogP contribution in [0.4, 0.5) is 4.39 Å². The van der Waals surface area contributed by atoms with Gasteiger partial charge >= 0.3 is 5.97 Å². The van der Waals surface area contributed by atoms with E-state index in [0.717, 1.165) is 50.8 Å². The largest absolute Gasteiger partial charge is 0.489 e. The zero-order valence-corrected chi connectivity index (χ0v) is 24.0. The number of aromatic nitrogens is 3. The summed E-state index contributed by atoms with van der Waals surface area (Å²) in [4.78, 5) is 15.0. The molecule has 7 nitrogen and oxygen atoms in total. The van der Waals surface area contributed by atoms with Crippen LogP contribution in [0.1, 0.15) is 66.5 Å². The van der Waals surface area contributed by atoms with E-state index in [1.165, 1.54) is 12.1 Å². The number of carbonyl (C=O) groups is 1. The summed E-state index contributed by atoms with van der Waals surface area (Å²) in [6.07, 6.45) is 0.761. The van der Waals surface area contributed by atoms with Crippen molar-refractivity contribution >= 4 is 17.0 Å². The maximum absolute atomic E-state index is 13.9. The number of rotatable bonds is 7. The summed E-state index contributed by atoms with van der Waals surface area (Å²) in [7, 11) is 1.85. The number of aliphatic carboxylic acids is 1. The molecule has 3 aromatic carbocycles. The molecule has 0 fully saturated rings. The van der Waals surface area contributed by atoms with Gasteiger partial charge in [0.15, 0.2) is 0 Å². The lowest BCUT2D eigenvalue weighted by atomic mass is 9.69. The molecular formula is C32H37FN4O3. The number of halogens is 1. The summed E-state index contributed by atoms with van der Waals surface area (Å²) >= 11 is 0. The molecule has 0 bridgehead atoms. The average Bonchev–Trinajstić information content (AvgIpc) is 3.19. The first kappa shape index (κ1) is 27.8. The molecule has 1 aliphatic heterocycles. The lowest BCUT2D eigenvalue weighted by Gasteiger charge is -2.33. The van der Waals surface area contributed by atoms with E-state index in [2.05, 4.69) is 41.2 Å². The van der Waals surface area contributed by atoms with Gasteiger partial charge < -0.3 is 9.84 Å². The number of hydrogen-bond acceptors (Lipinski definition) is 5. The van der Waals surface area contributed by atoms with E-state index in [-0.39, 0.29) is 11.9 Å². The molecule has 40 heavy (non-hydrogen) atoms. The third-order valence-corrected chi connectivity index (χ3v) is 8.40. The predicted molar refractivity (Wildman–Crippen MR) is 153 cm³/mol. The number of benzene rings is 3. The molecule has 0 saturated carbocycles. The summed E-state index contributed by atoms with van der Waals surface area (Å²) < 4.78 is 21.8. The SMILES string of the molecule is CC[C@@H]1CN(Cc2cc(C(c3ccc4c(nnn4C)c3C)C(C)(C)C(=O)O)ccc2C)Cc2ccc(F)cc2O1. The minimum atomic E-state index is -1.08. The molecule has 0 radical (unpaired) electrons. The Balaban J connectivity index is 1.56. The van der Waals surface area contributed by atoms with Crippen molar-refractivity contribution in [2.45, 2.75) is 66.2 Å². The normalized spacial score (nSPS) is 16.8. The van der Waals surface area contributed by atoms with Crippen LogP contribution in [0.25, 0.3) is 11.0 Å². The number of carboxylic acids is 1. The molecule has 5 rings (SSSR count). The molecular weight excluding hydrogens is 507 g/mol. The fourth-order valence-corrected chi connectivity index (χ4v) is 5.86. The van der Waals surface area contributed by atoms with Crippen molar-refractivity contribution in [2.75, 3.05) is 6.54 Å². The second-order valence-corrected chi connectivity index (χ2v) is 11.6. The monoisotopic (exact) mass is 544 g/mol. The molecule has 210 valence electrons. The highest BCUT2D eigenvalue weighted by Crippen LogP contribution is 2.44. The minimum Gasteiger partial charge on any atom is -0.489 e. The van der Waals surface area contributed by atoms with Crippen molar-refractivity contribution in [3.8, 4) is 5.75 Å². The highest BCUT2D eigenvalue weighted by Gasteiger charge is 2.40. The predicted octanol–water partition coefficient (Wildman–Crippen LogP) is 6.14. The van der Waals surface area contributed by atoms with Gasteiger partial charge in [0.2, 0.25) is 0 Å². The average molecular weight is 545 g/mol. The first-order valence-electron chi connectivity index (χ1n) is 13.8. The molecule has 0 saturated heterocycles. The maximum Gasteiger partial charge on any atom is 0.310 e. The van der Waals surface area contributed by atoms with Crippen LogP contribution in [0.5, 0.6) is 5.75 Å². The van der Waals surface area contributed by atoms with E-state index in [1.807, 2.05) is 32.2 Å². The Labute approximate surface area is 234 Å². The third-order valence-electron chi connectivity index (χ3n) is 8.40. The lowest BCUT2D eigenvalue weighted by Crippen LogP contribution is -2.33. The Kier molecular flexibility index (Phi) is 7.40. The fraction of sp³-hybridized carbons (Fsp3) is 0.406. The van der Waals surface area contributed by atoms with Gasteiger partial charge in [0.05, 0.1) is 10.9 Å². The number of ether oxygens (including phenoxy) is 1.